The maximum absolute atomic E-state index is 14.2. The van der Waals surface area contributed by atoms with Crippen molar-refractivity contribution in [3.05, 3.63) is 59.4 Å². The number of phenolic OH excluding ortho intramolecular Hbond substituents is 1. The summed E-state index contributed by atoms with van der Waals surface area (Å²) in [7, 11) is 0. The second kappa shape index (κ2) is 14.7. The molecule has 7 heterocycles. The van der Waals surface area contributed by atoms with Crippen LogP contribution in [0.3, 0.4) is 0 Å². The number of nitrogens with zero attached hydrogens (tertiary/aromatic N) is 8. The van der Waals surface area contributed by atoms with Gasteiger partial charge >= 0.3 is 6.03 Å². The molecule has 2 aromatic carbocycles. The quantitative estimate of drug-likeness (QED) is 0.325. The number of hydrogen-bond donors (Lipinski definition) is 3. The number of urea groups is 1. The molecule has 0 spiro atoms. The van der Waals surface area contributed by atoms with Gasteiger partial charge in [-0.2, -0.15) is 0 Å². The molecular weight excluding hydrogens is 744 g/mol. The molecule has 6 aliphatic heterocycles. The third kappa shape index (κ3) is 6.74. The van der Waals surface area contributed by atoms with Crippen LogP contribution in [0.1, 0.15) is 62.4 Å². The van der Waals surface area contributed by atoms with Crippen LogP contribution in [0, 0.1) is 11.7 Å². The largest absolute Gasteiger partial charge is 0.504 e. The molecule has 0 saturated carbocycles. The van der Waals surface area contributed by atoms with Gasteiger partial charge in [0, 0.05) is 101 Å². The zero-order chi connectivity index (χ0) is 40.5. The minimum atomic E-state index is -0.714. The fraction of sp³-hybridized carbons (Fsp3) is 0.524. The highest BCUT2D eigenvalue weighted by atomic mass is 19.1. The molecule has 58 heavy (non-hydrogen) atoms. The van der Waals surface area contributed by atoms with Crippen molar-refractivity contribution < 1.29 is 28.7 Å². The monoisotopic (exact) mass is 794 g/mol. The first-order valence-electron chi connectivity index (χ1n) is 20.6. The molecule has 2 unspecified atom stereocenters. The van der Waals surface area contributed by atoms with Gasteiger partial charge in [0.05, 0.1) is 16.9 Å². The number of carbonyl (C=O) groups excluding carboxylic acids is 4. The van der Waals surface area contributed by atoms with Crippen LogP contribution in [0.25, 0.3) is 11.3 Å². The topological polar surface area (TPSA) is 158 Å². The van der Waals surface area contributed by atoms with Crippen LogP contribution in [-0.2, 0) is 16.1 Å². The summed E-state index contributed by atoms with van der Waals surface area (Å²) in [5, 5.41) is 24.8. The van der Waals surface area contributed by atoms with Crippen molar-refractivity contribution in [1.82, 2.24) is 35.1 Å². The summed E-state index contributed by atoms with van der Waals surface area (Å²) in [5.41, 5.74) is 3.64. The van der Waals surface area contributed by atoms with E-state index >= 15 is 0 Å². The van der Waals surface area contributed by atoms with E-state index in [-0.39, 0.29) is 41.9 Å². The van der Waals surface area contributed by atoms with Gasteiger partial charge in [-0.15, -0.1) is 10.2 Å². The predicted molar refractivity (Wildman–Crippen MR) is 215 cm³/mol. The van der Waals surface area contributed by atoms with Gasteiger partial charge in [-0.05, 0) is 81.8 Å². The highest BCUT2D eigenvalue weighted by molar-refractivity contribution is 6.05. The molecule has 306 valence electrons. The normalized spacial score (nSPS) is 26.6. The van der Waals surface area contributed by atoms with Crippen LogP contribution in [0.5, 0.6) is 5.75 Å². The first kappa shape index (κ1) is 38.0. The van der Waals surface area contributed by atoms with Crippen LogP contribution < -0.4 is 20.4 Å². The average Bonchev–Trinajstić information content (AvgIpc) is 3.54. The molecule has 4 fully saturated rings. The fourth-order valence-corrected chi connectivity index (χ4v) is 9.98. The van der Waals surface area contributed by atoms with E-state index in [0.29, 0.717) is 68.7 Å². The SMILES string of the molecule is C[C@@H]1CN(CC2CCN(c3ccc4c(c3)C(=O)N(C3CCC(=O)NC3=O)C4)CC2)[C@@H](C)CN1C(=O)N1CCN2c3cc(-c4cccc(F)c4O)nnc3NCC2(C)C1. The first-order chi connectivity index (χ1) is 27.9. The number of imide groups is 1. The van der Waals surface area contributed by atoms with Gasteiger partial charge in [-0.25, -0.2) is 9.18 Å². The molecule has 15 nitrogen and oxygen atoms in total. The Morgan fingerprint density at radius 2 is 1.78 bits per heavy atom. The maximum atomic E-state index is 14.2. The number of halogens is 1. The lowest BCUT2D eigenvalue weighted by atomic mass is 9.92. The second-order valence-corrected chi connectivity index (χ2v) is 17.3. The van der Waals surface area contributed by atoms with Crippen molar-refractivity contribution in [2.24, 2.45) is 5.92 Å². The van der Waals surface area contributed by atoms with E-state index in [4.69, 9.17) is 0 Å². The van der Waals surface area contributed by atoms with Gasteiger partial charge in [0.15, 0.2) is 17.4 Å². The highest BCUT2D eigenvalue weighted by Gasteiger charge is 2.46. The molecule has 4 atom stereocenters. The fourth-order valence-electron chi connectivity index (χ4n) is 9.98. The Hall–Kier alpha value is -5.51. The lowest BCUT2D eigenvalue weighted by molar-refractivity contribution is -0.136. The average molecular weight is 795 g/mol. The van der Waals surface area contributed by atoms with Crippen molar-refractivity contribution in [2.45, 2.75) is 76.7 Å². The Morgan fingerprint density at radius 1 is 0.966 bits per heavy atom. The van der Waals surface area contributed by atoms with E-state index in [1.807, 2.05) is 28.0 Å². The molecule has 3 N–H and O–H groups in total. The van der Waals surface area contributed by atoms with Crippen molar-refractivity contribution >= 4 is 40.9 Å². The molecule has 0 aliphatic carbocycles. The van der Waals surface area contributed by atoms with Crippen molar-refractivity contribution in [1.29, 1.82) is 0 Å². The predicted octanol–water partition coefficient (Wildman–Crippen LogP) is 3.49. The number of fused-ring (bicyclic) bond motifs is 4. The Kier molecular flexibility index (Phi) is 9.64. The van der Waals surface area contributed by atoms with Crippen LogP contribution in [0.2, 0.25) is 0 Å². The summed E-state index contributed by atoms with van der Waals surface area (Å²) in [6, 6.07) is 12.0. The number of carbonyl (C=O) groups is 4. The molecule has 9 rings (SSSR count). The maximum Gasteiger partial charge on any atom is 0.320 e. The summed E-state index contributed by atoms with van der Waals surface area (Å²) < 4.78 is 14.2. The highest BCUT2D eigenvalue weighted by Crippen LogP contribution is 2.41. The standard InChI is InChI=1S/C42H51FN10O5/c1-25-20-51(41(58)49-15-16-53-35-18-33(30-5-4-6-32(43)37(30)55)46-47-38(35)44-23-42(53,3)24-49)26(2)19-50(25)21-27-11-13-48(14-12-27)29-8-7-28-22-52(40(57)31(28)17-29)34-9-10-36(54)45-39(34)56/h4-8,17-18,25-27,34,55H,9-16,19-24H2,1-3H3,(H,44,47)(H,45,54,56)/t25-,26+,34?,42?/m0/s1. The van der Waals surface area contributed by atoms with Crippen LogP contribution in [-0.4, -0.2) is 141 Å². The summed E-state index contributed by atoms with van der Waals surface area (Å²) in [6.45, 7) is 13.4. The lowest BCUT2D eigenvalue weighted by Gasteiger charge is -2.54. The molecular formula is C42H51FN10O5. The van der Waals surface area contributed by atoms with Crippen LogP contribution >= 0.6 is 0 Å². The van der Waals surface area contributed by atoms with Gasteiger partial charge in [0.1, 0.15) is 6.04 Å². The Labute approximate surface area is 337 Å². The number of anilines is 3. The molecule has 6 aliphatic rings. The van der Waals surface area contributed by atoms with Gasteiger partial charge in [0.25, 0.3) is 5.91 Å². The van der Waals surface area contributed by atoms with Crippen LogP contribution in [0.4, 0.5) is 26.4 Å². The minimum absolute atomic E-state index is 0.0558. The van der Waals surface area contributed by atoms with Crippen LogP contribution in [0.15, 0.2) is 42.5 Å². The number of amides is 5. The smallest absolute Gasteiger partial charge is 0.320 e. The molecule has 16 heteroatoms. The van der Waals surface area contributed by atoms with E-state index in [9.17, 15) is 28.7 Å². The molecule has 5 amide bonds. The number of hydrogen-bond acceptors (Lipinski definition) is 11. The number of para-hydroxylation sites is 1. The number of aromatic nitrogens is 2. The van der Waals surface area contributed by atoms with E-state index < -0.39 is 29.1 Å². The molecule has 0 radical (unpaired) electrons. The molecule has 4 saturated heterocycles. The summed E-state index contributed by atoms with van der Waals surface area (Å²) in [5.74, 6) is -0.851. The van der Waals surface area contributed by atoms with Gasteiger partial charge in [0.2, 0.25) is 11.8 Å². The van der Waals surface area contributed by atoms with Gasteiger partial charge in [-0.1, -0.05) is 12.1 Å². The minimum Gasteiger partial charge on any atom is -0.504 e. The number of piperidine rings is 2. The molecule has 0 bridgehead atoms. The molecule has 3 aromatic rings. The van der Waals surface area contributed by atoms with Crippen molar-refractivity contribution in [3.63, 3.8) is 0 Å². The van der Waals surface area contributed by atoms with E-state index in [1.165, 1.54) is 12.1 Å². The third-order valence-electron chi connectivity index (χ3n) is 13.4. The lowest BCUT2D eigenvalue weighted by Crippen LogP contribution is -2.69. The summed E-state index contributed by atoms with van der Waals surface area (Å²) in [6.07, 6.45) is 2.66. The summed E-state index contributed by atoms with van der Waals surface area (Å²) in [4.78, 5) is 64.5. The number of rotatable bonds is 5. The second-order valence-electron chi connectivity index (χ2n) is 17.3. The van der Waals surface area contributed by atoms with Crippen molar-refractivity contribution in [2.75, 3.05) is 74.0 Å². The first-order valence-corrected chi connectivity index (χ1v) is 20.6. The Morgan fingerprint density at radius 3 is 2.57 bits per heavy atom. The Bertz CT molecular complexity index is 2160. The molecule has 1 aromatic heterocycles. The van der Waals surface area contributed by atoms with E-state index in [2.05, 4.69) is 62.4 Å². The number of piperazine rings is 2. The Balaban J connectivity index is 0.782. The van der Waals surface area contributed by atoms with E-state index in [0.717, 1.165) is 56.0 Å². The van der Waals surface area contributed by atoms with E-state index in [1.54, 1.807) is 11.0 Å². The zero-order valence-corrected chi connectivity index (χ0v) is 33.3. The van der Waals surface area contributed by atoms with Gasteiger partial charge in [-0.3, -0.25) is 24.6 Å². The third-order valence-corrected chi connectivity index (χ3v) is 13.4. The summed E-state index contributed by atoms with van der Waals surface area (Å²) >= 11 is 0. The number of nitrogens with one attached hydrogen (secondary N) is 2. The van der Waals surface area contributed by atoms with Crippen molar-refractivity contribution in [3.8, 4) is 17.0 Å². The number of phenols is 1. The number of aromatic hydroxyl groups is 1. The number of benzene rings is 2. The van der Waals surface area contributed by atoms with Gasteiger partial charge < -0.3 is 34.9 Å². The zero-order valence-electron chi connectivity index (χ0n) is 33.3.